The van der Waals surface area contributed by atoms with Crippen LogP contribution in [-0.4, -0.2) is 17.7 Å². The summed E-state index contributed by atoms with van der Waals surface area (Å²) in [4.78, 5) is 4.05. The molecule has 0 saturated heterocycles. The summed E-state index contributed by atoms with van der Waals surface area (Å²) in [5.74, 6) is 1.50. The zero-order chi connectivity index (χ0) is 9.68. The molecule has 2 atom stereocenters. The fourth-order valence-corrected chi connectivity index (χ4v) is 1.92. The van der Waals surface area contributed by atoms with Gasteiger partial charge in [-0.2, -0.15) is 0 Å². The maximum atomic E-state index is 8.42. The van der Waals surface area contributed by atoms with Crippen LogP contribution in [0.4, 0.5) is 0 Å². The van der Waals surface area contributed by atoms with Crippen LogP contribution < -0.4 is 11.2 Å². The Bertz CT molecular complexity index is 182. The Morgan fingerprint density at radius 3 is 2.85 bits per heavy atom. The van der Waals surface area contributed by atoms with Gasteiger partial charge >= 0.3 is 0 Å². The molecule has 0 aromatic rings. The highest BCUT2D eigenvalue weighted by molar-refractivity contribution is 5.76. The zero-order valence-electron chi connectivity index (χ0n) is 8.16. The molecule has 0 aromatic heterocycles. The summed E-state index contributed by atoms with van der Waals surface area (Å²) in [5.41, 5.74) is 7.17. The Hall–Kier alpha value is -0.770. The lowest BCUT2D eigenvalue weighted by molar-refractivity contribution is 0.230. The minimum atomic E-state index is 0.123. The molecular weight excluding hydrogens is 166 g/mol. The molecule has 4 heteroatoms. The molecule has 13 heavy (non-hydrogen) atoms. The van der Waals surface area contributed by atoms with Crippen molar-refractivity contribution in [3.05, 3.63) is 0 Å². The van der Waals surface area contributed by atoms with Crippen LogP contribution in [0.5, 0.6) is 0 Å². The van der Waals surface area contributed by atoms with Gasteiger partial charge in [0.05, 0.1) is 0 Å². The SMILES string of the molecule is CC1CCCCC1CN=C(N)NO. The molecule has 1 saturated carbocycles. The summed E-state index contributed by atoms with van der Waals surface area (Å²) in [7, 11) is 0. The smallest absolute Gasteiger partial charge is 0.212 e. The highest BCUT2D eigenvalue weighted by atomic mass is 16.5. The van der Waals surface area contributed by atoms with Crippen molar-refractivity contribution in [2.24, 2.45) is 22.6 Å². The molecule has 1 rings (SSSR count). The monoisotopic (exact) mass is 185 g/mol. The highest BCUT2D eigenvalue weighted by Gasteiger charge is 2.20. The fraction of sp³-hybridized carbons (Fsp3) is 0.889. The van der Waals surface area contributed by atoms with E-state index in [0.29, 0.717) is 5.92 Å². The van der Waals surface area contributed by atoms with Crippen molar-refractivity contribution in [2.45, 2.75) is 32.6 Å². The van der Waals surface area contributed by atoms with Gasteiger partial charge in [0, 0.05) is 6.54 Å². The van der Waals surface area contributed by atoms with Gasteiger partial charge in [-0.3, -0.25) is 10.2 Å². The molecule has 4 N–H and O–H groups in total. The second-order valence-corrected chi connectivity index (χ2v) is 3.86. The second-order valence-electron chi connectivity index (χ2n) is 3.86. The third kappa shape index (κ3) is 3.22. The maximum Gasteiger partial charge on any atom is 0.212 e. The van der Waals surface area contributed by atoms with Gasteiger partial charge in [0.1, 0.15) is 0 Å². The summed E-state index contributed by atoms with van der Waals surface area (Å²) >= 11 is 0. The molecular formula is C9H19N3O. The molecule has 4 nitrogen and oxygen atoms in total. The Balaban J connectivity index is 2.34. The number of hydroxylamine groups is 1. The molecule has 76 valence electrons. The van der Waals surface area contributed by atoms with E-state index in [2.05, 4.69) is 11.9 Å². The van der Waals surface area contributed by atoms with Gasteiger partial charge in [-0.05, 0) is 18.3 Å². The molecule has 0 aromatic carbocycles. The number of hydrogen-bond acceptors (Lipinski definition) is 2. The number of nitrogens with two attached hydrogens (primary N) is 1. The molecule has 0 radical (unpaired) electrons. The number of nitrogens with one attached hydrogen (secondary N) is 1. The van der Waals surface area contributed by atoms with E-state index in [1.807, 2.05) is 5.48 Å². The third-order valence-corrected chi connectivity index (χ3v) is 2.90. The van der Waals surface area contributed by atoms with Gasteiger partial charge in [-0.15, -0.1) is 0 Å². The van der Waals surface area contributed by atoms with Gasteiger partial charge in [-0.25, -0.2) is 5.48 Å². The van der Waals surface area contributed by atoms with Crippen LogP contribution in [0.3, 0.4) is 0 Å². The second kappa shape index (κ2) is 5.07. The lowest BCUT2D eigenvalue weighted by Gasteiger charge is -2.27. The van der Waals surface area contributed by atoms with Gasteiger partial charge in [0.2, 0.25) is 5.96 Å². The van der Waals surface area contributed by atoms with Gasteiger partial charge < -0.3 is 5.73 Å². The van der Waals surface area contributed by atoms with Gasteiger partial charge in [-0.1, -0.05) is 26.2 Å². The van der Waals surface area contributed by atoms with E-state index in [-0.39, 0.29) is 5.96 Å². The van der Waals surface area contributed by atoms with E-state index < -0.39 is 0 Å². The van der Waals surface area contributed by atoms with E-state index in [9.17, 15) is 0 Å². The number of hydrogen-bond donors (Lipinski definition) is 3. The van der Waals surface area contributed by atoms with E-state index in [1.165, 1.54) is 25.7 Å². The summed E-state index contributed by atoms with van der Waals surface area (Å²) in [6, 6.07) is 0. The summed E-state index contributed by atoms with van der Waals surface area (Å²) in [6.07, 6.45) is 5.18. The predicted molar refractivity (Wildman–Crippen MR) is 52.5 cm³/mol. The topological polar surface area (TPSA) is 70.6 Å². The van der Waals surface area contributed by atoms with Crippen LogP contribution in [0.1, 0.15) is 32.6 Å². The molecule has 0 heterocycles. The minimum Gasteiger partial charge on any atom is -0.368 e. The Morgan fingerprint density at radius 2 is 2.23 bits per heavy atom. The maximum absolute atomic E-state index is 8.42. The first-order valence-corrected chi connectivity index (χ1v) is 4.94. The first-order chi connectivity index (χ1) is 6.24. The van der Waals surface area contributed by atoms with E-state index in [1.54, 1.807) is 0 Å². The average Bonchev–Trinajstić information content (AvgIpc) is 2.16. The zero-order valence-corrected chi connectivity index (χ0v) is 8.16. The number of rotatable bonds is 2. The molecule has 1 aliphatic rings. The number of aliphatic imine (C=N–C) groups is 1. The minimum absolute atomic E-state index is 0.123. The van der Waals surface area contributed by atoms with Crippen LogP contribution in [0.15, 0.2) is 4.99 Å². The Labute approximate surface area is 79.2 Å². The number of guanidine groups is 1. The first-order valence-electron chi connectivity index (χ1n) is 4.94. The van der Waals surface area contributed by atoms with Crippen LogP contribution in [0, 0.1) is 11.8 Å². The standard InChI is InChI=1S/C9H19N3O/c1-7-4-2-3-5-8(7)6-11-9(10)12-13/h7-8,13H,2-6H2,1H3,(H3,10,11,12). The van der Waals surface area contributed by atoms with Crippen molar-refractivity contribution in [3.63, 3.8) is 0 Å². The highest BCUT2D eigenvalue weighted by Crippen LogP contribution is 2.29. The average molecular weight is 185 g/mol. The van der Waals surface area contributed by atoms with E-state index in [0.717, 1.165) is 12.5 Å². The molecule has 0 aliphatic heterocycles. The van der Waals surface area contributed by atoms with Crippen LogP contribution in [0.2, 0.25) is 0 Å². The van der Waals surface area contributed by atoms with Crippen LogP contribution >= 0.6 is 0 Å². The lowest BCUT2D eigenvalue weighted by atomic mass is 9.80. The Morgan fingerprint density at radius 1 is 1.54 bits per heavy atom. The van der Waals surface area contributed by atoms with E-state index >= 15 is 0 Å². The first kappa shape index (κ1) is 10.3. The van der Waals surface area contributed by atoms with Gasteiger partial charge in [0.15, 0.2) is 0 Å². The predicted octanol–water partition coefficient (Wildman–Crippen LogP) is 1.11. The van der Waals surface area contributed by atoms with E-state index in [4.69, 9.17) is 10.9 Å². The van der Waals surface area contributed by atoms with Crippen molar-refractivity contribution in [2.75, 3.05) is 6.54 Å². The largest absolute Gasteiger partial charge is 0.368 e. The fourth-order valence-electron chi connectivity index (χ4n) is 1.92. The Kier molecular flexibility index (Phi) is 4.02. The summed E-state index contributed by atoms with van der Waals surface area (Å²) in [5, 5.41) is 8.42. The molecule has 2 unspecified atom stereocenters. The normalized spacial score (nSPS) is 30.2. The van der Waals surface area contributed by atoms with Crippen molar-refractivity contribution in [1.29, 1.82) is 0 Å². The summed E-state index contributed by atoms with van der Waals surface area (Å²) < 4.78 is 0. The number of nitrogens with zero attached hydrogens (tertiary/aromatic N) is 1. The lowest BCUT2D eigenvalue weighted by Crippen LogP contribution is -2.30. The molecule has 1 fully saturated rings. The molecule has 1 aliphatic carbocycles. The van der Waals surface area contributed by atoms with Crippen LogP contribution in [-0.2, 0) is 0 Å². The molecule has 0 amide bonds. The van der Waals surface area contributed by atoms with Crippen molar-refractivity contribution in [3.8, 4) is 0 Å². The third-order valence-electron chi connectivity index (χ3n) is 2.90. The molecule has 0 bridgehead atoms. The van der Waals surface area contributed by atoms with Gasteiger partial charge in [0.25, 0.3) is 0 Å². The molecule has 0 spiro atoms. The van der Waals surface area contributed by atoms with Crippen molar-refractivity contribution >= 4 is 5.96 Å². The van der Waals surface area contributed by atoms with Crippen LogP contribution in [0.25, 0.3) is 0 Å². The van der Waals surface area contributed by atoms with Crippen molar-refractivity contribution in [1.82, 2.24) is 5.48 Å². The summed E-state index contributed by atoms with van der Waals surface area (Å²) in [6.45, 7) is 3.00. The quantitative estimate of drug-likeness (QED) is 0.343. The van der Waals surface area contributed by atoms with Crippen molar-refractivity contribution < 1.29 is 5.21 Å².